The van der Waals surface area contributed by atoms with Gasteiger partial charge in [-0.3, -0.25) is 4.79 Å². The van der Waals surface area contributed by atoms with Gasteiger partial charge in [-0.1, -0.05) is 22.9 Å². The summed E-state index contributed by atoms with van der Waals surface area (Å²) >= 11 is 0. The number of nitrogens with zero attached hydrogens (tertiary/aromatic N) is 3. The Kier molecular flexibility index (Phi) is 4.94. The highest BCUT2D eigenvalue weighted by atomic mass is 16.5. The van der Waals surface area contributed by atoms with Crippen molar-refractivity contribution in [3.8, 4) is 23.3 Å². The SMILES string of the molecule is COc1ccc(C(=O)NCc2noc(-c3ccc(C)cc3)n2)cc1C#N. The number of amides is 1. The van der Waals surface area contributed by atoms with E-state index in [1.165, 1.54) is 13.2 Å². The first kappa shape index (κ1) is 17.2. The molecule has 0 aliphatic rings. The molecule has 3 aromatic rings. The summed E-state index contributed by atoms with van der Waals surface area (Å²) in [4.78, 5) is 16.5. The predicted molar refractivity (Wildman–Crippen MR) is 93.4 cm³/mol. The third kappa shape index (κ3) is 3.70. The van der Waals surface area contributed by atoms with Crippen molar-refractivity contribution in [2.45, 2.75) is 13.5 Å². The maximum atomic E-state index is 12.3. The Labute approximate surface area is 150 Å². The molecular formula is C19H16N4O3. The fourth-order valence-corrected chi connectivity index (χ4v) is 2.34. The fourth-order valence-electron chi connectivity index (χ4n) is 2.34. The molecule has 3 rings (SSSR count). The number of aryl methyl sites for hydroxylation is 1. The maximum Gasteiger partial charge on any atom is 0.257 e. The minimum absolute atomic E-state index is 0.113. The van der Waals surface area contributed by atoms with E-state index in [9.17, 15) is 4.79 Å². The van der Waals surface area contributed by atoms with Crippen molar-refractivity contribution < 1.29 is 14.1 Å². The number of nitriles is 1. The molecule has 0 aliphatic carbocycles. The molecule has 7 nitrogen and oxygen atoms in total. The van der Waals surface area contributed by atoms with Gasteiger partial charge >= 0.3 is 0 Å². The van der Waals surface area contributed by atoms with Crippen LogP contribution in [0.5, 0.6) is 5.75 Å². The zero-order valence-electron chi connectivity index (χ0n) is 14.3. The summed E-state index contributed by atoms with van der Waals surface area (Å²) in [6, 6.07) is 14.3. The second kappa shape index (κ2) is 7.49. The molecule has 0 saturated heterocycles. The van der Waals surface area contributed by atoms with Gasteiger partial charge in [0, 0.05) is 11.1 Å². The summed E-state index contributed by atoms with van der Waals surface area (Å²) in [7, 11) is 1.47. The number of hydrogen-bond acceptors (Lipinski definition) is 6. The summed E-state index contributed by atoms with van der Waals surface area (Å²) < 4.78 is 10.3. The highest BCUT2D eigenvalue weighted by Gasteiger charge is 2.13. The van der Waals surface area contributed by atoms with Crippen LogP contribution in [0.15, 0.2) is 47.0 Å². The summed E-state index contributed by atoms with van der Waals surface area (Å²) in [6.45, 7) is 2.11. The third-order valence-corrected chi connectivity index (χ3v) is 3.76. The molecule has 1 N–H and O–H groups in total. The minimum Gasteiger partial charge on any atom is -0.495 e. The molecule has 7 heteroatoms. The molecule has 130 valence electrons. The van der Waals surface area contributed by atoms with E-state index in [1.807, 2.05) is 37.3 Å². The molecule has 1 heterocycles. The van der Waals surface area contributed by atoms with Crippen LogP contribution in [-0.2, 0) is 6.54 Å². The van der Waals surface area contributed by atoms with E-state index >= 15 is 0 Å². The van der Waals surface area contributed by atoms with Crippen molar-refractivity contribution in [2.75, 3.05) is 7.11 Å². The molecule has 0 spiro atoms. The van der Waals surface area contributed by atoms with Gasteiger partial charge in [0.25, 0.3) is 11.8 Å². The van der Waals surface area contributed by atoms with Crippen molar-refractivity contribution in [1.82, 2.24) is 15.5 Å². The standard InChI is InChI=1S/C19H16N4O3/c1-12-3-5-13(6-4-12)19-22-17(23-26-19)11-21-18(24)14-7-8-16(25-2)15(9-14)10-20/h3-9H,11H2,1-2H3,(H,21,24). The molecule has 1 amide bonds. The van der Waals surface area contributed by atoms with Crippen molar-refractivity contribution in [3.05, 3.63) is 65.0 Å². The van der Waals surface area contributed by atoms with E-state index < -0.39 is 0 Å². The Morgan fingerprint density at radius 1 is 1.27 bits per heavy atom. The normalized spacial score (nSPS) is 10.2. The highest BCUT2D eigenvalue weighted by Crippen LogP contribution is 2.19. The topological polar surface area (TPSA) is 101 Å². The molecule has 0 aliphatic heterocycles. The van der Waals surface area contributed by atoms with Crippen LogP contribution < -0.4 is 10.1 Å². The highest BCUT2D eigenvalue weighted by molar-refractivity contribution is 5.94. The maximum absolute atomic E-state index is 12.3. The second-order valence-corrected chi connectivity index (χ2v) is 5.59. The summed E-state index contributed by atoms with van der Waals surface area (Å²) in [5.74, 6) is 0.837. The van der Waals surface area contributed by atoms with Crippen LogP contribution in [0.25, 0.3) is 11.5 Å². The number of carbonyl (C=O) groups is 1. The lowest BCUT2D eigenvalue weighted by Crippen LogP contribution is -2.23. The molecule has 2 aromatic carbocycles. The first-order chi connectivity index (χ1) is 12.6. The smallest absolute Gasteiger partial charge is 0.257 e. The van der Waals surface area contributed by atoms with Crippen molar-refractivity contribution >= 4 is 5.91 Å². The van der Waals surface area contributed by atoms with E-state index in [0.29, 0.717) is 28.6 Å². The van der Waals surface area contributed by atoms with Crippen molar-refractivity contribution in [3.63, 3.8) is 0 Å². The van der Waals surface area contributed by atoms with E-state index in [4.69, 9.17) is 14.5 Å². The Hall–Kier alpha value is -3.66. The van der Waals surface area contributed by atoms with Gasteiger partial charge < -0.3 is 14.6 Å². The first-order valence-electron chi connectivity index (χ1n) is 7.86. The molecule has 0 bridgehead atoms. The summed E-state index contributed by atoms with van der Waals surface area (Å²) in [5, 5.41) is 15.7. The van der Waals surface area contributed by atoms with Gasteiger partial charge in [-0.25, -0.2) is 0 Å². The van der Waals surface area contributed by atoms with Gasteiger partial charge in [0.2, 0.25) is 0 Å². The fraction of sp³-hybridized carbons (Fsp3) is 0.158. The number of ether oxygens (including phenoxy) is 1. The summed E-state index contributed by atoms with van der Waals surface area (Å²) in [5.41, 5.74) is 2.59. The van der Waals surface area contributed by atoms with Crippen LogP contribution in [0.1, 0.15) is 27.3 Å². The zero-order chi connectivity index (χ0) is 18.5. The van der Waals surface area contributed by atoms with E-state index in [-0.39, 0.29) is 12.5 Å². The second-order valence-electron chi connectivity index (χ2n) is 5.59. The van der Waals surface area contributed by atoms with E-state index in [1.54, 1.807) is 12.1 Å². The van der Waals surface area contributed by atoms with Crippen LogP contribution in [-0.4, -0.2) is 23.2 Å². The molecule has 0 radical (unpaired) electrons. The van der Waals surface area contributed by atoms with E-state index in [0.717, 1.165) is 11.1 Å². The number of benzene rings is 2. The lowest BCUT2D eigenvalue weighted by atomic mass is 10.1. The van der Waals surface area contributed by atoms with Crippen LogP contribution in [0.4, 0.5) is 0 Å². The Morgan fingerprint density at radius 2 is 2.04 bits per heavy atom. The number of rotatable bonds is 5. The number of nitrogens with one attached hydrogen (secondary N) is 1. The number of carbonyl (C=O) groups excluding carboxylic acids is 1. The van der Waals surface area contributed by atoms with Crippen LogP contribution in [0.2, 0.25) is 0 Å². The molecule has 0 saturated carbocycles. The average Bonchev–Trinajstić information content (AvgIpc) is 3.15. The summed E-state index contributed by atoms with van der Waals surface area (Å²) in [6.07, 6.45) is 0. The molecule has 26 heavy (non-hydrogen) atoms. The lowest BCUT2D eigenvalue weighted by molar-refractivity contribution is 0.0949. The largest absolute Gasteiger partial charge is 0.495 e. The number of hydrogen-bond donors (Lipinski definition) is 1. The molecule has 0 unspecified atom stereocenters. The quantitative estimate of drug-likeness (QED) is 0.761. The average molecular weight is 348 g/mol. The lowest BCUT2D eigenvalue weighted by Gasteiger charge is -2.06. The van der Waals surface area contributed by atoms with E-state index in [2.05, 4.69) is 15.5 Å². The molecule has 0 atom stereocenters. The Bertz CT molecular complexity index is 971. The first-order valence-corrected chi connectivity index (χ1v) is 7.86. The van der Waals surface area contributed by atoms with Gasteiger partial charge in [-0.15, -0.1) is 0 Å². The third-order valence-electron chi connectivity index (χ3n) is 3.76. The predicted octanol–water partition coefficient (Wildman–Crippen LogP) is 2.86. The number of methoxy groups -OCH3 is 1. The van der Waals surface area contributed by atoms with Crippen LogP contribution >= 0.6 is 0 Å². The van der Waals surface area contributed by atoms with Gasteiger partial charge in [-0.05, 0) is 37.3 Å². The van der Waals surface area contributed by atoms with Gasteiger partial charge in [-0.2, -0.15) is 10.2 Å². The Balaban J connectivity index is 1.67. The van der Waals surface area contributed by atoms with Gasteiger partial charge in [0.05, 0.1) is 19.2 Å². The Morgan fingerprint density at radius 3 is 2.73 bits per heavy atom. The monoisotopic (exact) mass is 348 g/mol. The minimum atomic E-state index is -0.342. The van der Waals surface area contributed by atoms with Gasteiger partial charge in [0.1, 0.15) is 11.8 Å². The molecule has 0 fully saturated rings. The molecule has 1 aromatic heterocycles. The van der Waals surface area contributed by atoms with Crippen LogP contribution in [0, 0.1) is 18.3 Å². The number of aromatic nitrogens is 2. The zero-order valence-corrected chi connectivity index (χ0v) is 14.3. The van der Waals surface area contributed by atoms with Crippen LogP contribution in [0.3, 0.4) is 0 Å². The van der Waals surface area contributed by atoms with Crippen molar-refractivity contribution in [2.24, 2.45) is 0 Å². The van der Waals surface area contributed by atoms with Crippen molar-refractivity contribution in [1.29, 1.82) is 5.26 Å². The molecular weight excluding hydrogens is 332 g/mol. The van der Waals surface area contributed by atoms with Gasteiger partial charge in [0.15, 0.2) is 5.82 Å².